The summed E-state index contributed by atoms with van der Waals surface area (Å²) in [4.78, 5) is 27.5. The molecule has 1 aliphatic heterocycles. The van der Waals surface area contributed by atoms with E-state index in [1.54, 1.807) is 49.6 Å². The van der Waals surface area contributed by atoms with Crippen molar-refractivity contribution in [2.75, 3.05) is 25.5 Å². The number of ether oxygens (including phenoxy) is 2. The molecule has 0 spiro atoms. The van der Waals surface area contributed by atoms with E-state index < -0.39 is 0 Å². The molecule has 0 saturated carbocycles. The number of amides is 2. The van der Waals surface area contributed by atoms with E-state index in [4.69, 9.17) is 9.47 Å². The molecule has 2 amide bonds. The average molecular weight is 445 g/mol. The van der Waals surface area contributed by atoms with Gasteiger partial charge in [-0.1, -0.05) is 36.4 Å². The highest BCUT2D eigenvalue weighted by Crippen LogP contribution is 2.29. The summed E-state index contributed by atoms with van der Waals surface area (Å²) in [6.07, 6.45) is 3.24. The Hall–Kier alpha value is -3.80. The van der Waals surface area contributed by atoms with Gasteiger partial charge < -0.3 is 19.7 Å². The molecule has 0 unspecified atom stereocenters. The van der Waals surface area contributed by atoms with Gasteiger partial charge in [-0.05, 0) is 61.2 Å². The summed E-state index contributed by atoms with van der Waals surface area (Å²) in [7, 11) is 1.54. The molecule has 0 aromatic heterocycles. The molecule has 3 aromatic carbocycles. The smallest absolute Gasteiger partial charge is 0.255 e. The first-order chi connectivity index (χ1) is 16.1. The van der Waals surface area contributed by atoms with Crippen LogP contribution in [0.5, 0.6) is 11.5 Å². The van der Waals surface area contributed by atoms with Crippen molar-refractivity contribution in [3.63, 3.8) is 0 Å². The standard InChI is InChI=1S/C27H28N2O4/c1-32-25-18-21(13-14-24(25)33-19-20-9-4-2-5-10-20)26(30)28-23-12-8-11-22(17-23)27(31)29-15-6-3-7-16-29/h2,4-5,8-14,17-18H,3,6-7,15-16,19H2,1H3,(H,28,30). The number of hydrogen-bond donors (Lipinski definition) is 1. The number of hydrogen-bond acceptors (Lipinski definition) is 4. The summed E-state index contributed by atoms with van der Waals surface area (Å²) in [5, 5.41) is 2.88. The largest absolute Gasteiger partial charge is 0.493 e. The Bertz CT molecular complexity index is 1110. The van der Waals surface area contributed by atoms with Crippen molar-refractivity contribution in [2.45, 2.75) is 25.9 Å². The van der Waals surface area contributed by atoms with E-state index in [-0.39, 0.29) is 11.8 Å². The van der Waals surface area contributed by atoms with Crippen molar-refractivity contribution in [2.24, 2.45) is 0 Å². The highest BCUT2D eigenvalue weighted by atomic mass is 16.5. The predicted molar refractivity (Wildman–Crippen MR) is 128 cm³/mol. The lowest BCUT2D eigenvalue weighted by Crippen LogP contribution is -2.35. The van der Waals surface area contributed by atoms with Crippen LogP contribution in [0.3, 0.4) is 0 Å². The molecule has 1 N–H and O–H groups in total. The number of carbonyl (C=O) groups is 2. The number of rotatable bonds is 7. The maximum absolute atomic E-state index is 12.9. The number of piperidine rings is 1. The van der Waals surface area contributed by atoms with Crippen molar-refractivity contribution in [1.29, 1.82) is 0 Å². The maximum Gasteiger partial charge on any atom is 0.255 e. The zero-order valence-corrected chi connectivity index (χ0v) is 18.8. The van der Waals surface area contributed by atoms with Gasteiger partial charge in [0.05, 0.1) is 7.11 Å². The number of benzene rings is 3. The van der Waals surface area contributed by atoms with Crippen LogP contribution in [-0.4, -0.2) is 36.9 Å². The molecule has 33 heavy (non-hydrogen) atoms. The second kappa shape index (κ2) is 10.7. The van der Waals surface area contributed by atoms with E-state index in [9.17, 15) is 9.59 Å². The predicted octanol–water partition coefficient (Wildman–Crippen LogP) is 5.15. The molecule has 6 heteroatoms. The average Bonchev–Trinajstić information content (AvgIpc) is 2.88. The lowest BCUT2D eigenvalue weighted by molar-refractivity contribution is 0.0724. The number of carbonyl (C=O) groups excluding carboxylic acids is 2. The van der Waals surface area contributed by atoms with Gasteiger partial charge in [0.15, 0.2) is 11.5 Å². The molecule has 1 fully saturated rings. The zero-order chi connectivity index (χ0) is 23.0. The molecular formula is C27H28N2O4. The van der Waals surface area contributed by atoms with E-state index in [0.29, 0.717) is 34.9 Å². The topological polar surface area (TPSA) is 67.9 Å². The van der Waals surface area contributed by atoms with Crippen LogP contribution in [0.25, 0.3) is 0 Å². The Morgan fingerprint density at radius 2 is 1.64 bits per heavy atom. The first-order valence-electron chi connectivity index (χ1n) is 11.2. The van der Waals surface area contributed by atoms with Crippen LogP contribution < -0.4 is 14.8 Å². The fourth-order valence-electron chi connectivity index (χ4n) is 3.88. The van der Waals surface area contributed by atoms with Crippen LogP contribution in [0.4, 0.5) is 5.69 Å². The normalized spacial score (nSPS) is 13.3. The lowest BCUT2D eigenvalue weighted by atomic mass is 10.1. The van der Waals surface area contributed by atoms with Gasteiger partial charge >= 0.3 is 0 Å². The Morgan fingerprint density at radius 3 is 2.39 bits per heavy atom. The summed E-state index contributed by atoms with van der Waals surface area (Å²) < 4.78 is 11.3. The van der Waals surface area contributed by atoms with E-state index >= 15 is 0 Å². The third-order valence-electron chi connectivity index (χ3n) is 5.67. The Balaban J connectivity index is 1.43. The molecule has 4 rings (SSSR count). The summed E-state index contributed by atoms with van der Waals surface area (Å²) in [5.74, 6) is 0.762. The van der Waals surface area contributed by atoms with Crippen molar-refractivity contribution in [3.8, 4) is 11.5 Å². The summed E-state index contributed by atoms with van der Waals surface area (Å²) in [6, 6.07) is 22.0. The third kappa shape index (κ3) is 5.71. The fraction of sp³-hybridized carbons (Fsp3) is 0.259. The highest BCUT2D eigenvalue weighted by Gasteiger charge is 2.19. The zero-order valence-electron chi connectivity index (χ0n) is 18.8. The van der Waals surface area contributed by atoms with E-state index in [2.05, 4.69) is 5.32 Å². The molecule has 0 atom stereocenters. The van der Waals surface area contributed by atoms with Gasteiger partial charge in [0.2, 0.25) is 0 Å². The Kier molecular flexibility index (Phi) is 7.25. The van der Waals surface area contributed by atoms with Gasteiger partial charge in [0.25, 0.3) is 11.8 Å². The number of anilines is 1. The van der Waals surface area contributed by atoms with Gasteiger partial charge in [-0.15, -0.1) is 0 Å². The quantitative estimate of drug-likeness (QED) is 0.547. The summed E-state index contributed by atoms with van der Waals surface area (Å²) in [5.41, 5.74) is 2.63. The maximum atomic E-state index is 12.9. The van der Waals surface area contributed by atoms with Crippen LogP contribution in [-0.2, 0) is 6.61 Å². The molecule has 1 aliphatic rings. The van der Waals surface area contributed by atoms with Gasteiger partial charge in [-0.25, -0.2) is 0 Å². The van der Waals surface area contributed by atoms with Crippen molar-refractivity contribution in [3.05, 3.63) is 89.5 Å². The van der Waals surface area contributed by atoms with Crippen molar-refractivity contribution < 1.29 is 19.1 Å². The highest BCUT2D eigenvalue weighted by molar-refractivity contribution is 6.05. The van der Waals surface area contributed by atoms with Gasteiger partial charge in [0, 0.05) is 29.9 Å². The number of nitrogens with one attached hydrogen (secondary N) is 1. The number of methoxy groups -OCH3 is 1. The van der Waals surface area contributed by atoms with Crippen LogP contribution in [0.15, 0.2) is 72.8 Å². The number of likely N-dealkylation sites (tertiary alicyclic amines) is 1. The van der Waals surface area contributed by atoms with E-state index in [1.807, 2.05) is 35.2 Å². The lowest BCUT2D eigenvalue weighted by Gasteiger charge is -2.26. The minimum atomic E-state index is -0.287. The molecule has 170 valence electrons. The minimum absolute atomic E-state index is 0.00684. The second-order valence-corrected chi connectivity index (χ2v) is 8.03. The molecule has 1 heterocycles. The molecule has 0 radical (unpaired) electrons. The molecule has 0 bridgehead atoms. The van der Waals surface area contributed by atoms with Crippen LogP contribution in [0.1, 0.15) is 45.5 Å². The van der Waals surface area contributed by atoms with Gasteiger partial charge in [0.1, 0.15) is 6.61 Å². The molecule has 6 nitrogen and oxygen atoms in total. The SMILES string of the molecule is COc1cc(C(=O)Nc2cccc(C(=O)N3CCCCC3)c2)ccc1OCc1ccccc1. The van der Waals surface area contributed by atoms with Crippen LogP contribution in [0, 0.1) is 0 Å². The first-order valence-corrected chi connectivity index (χ1v) is 11.2. The molecule has 0 aliphatic carbocycles. The fourth-order valence-corrected chi connectivity index (χ4v) is 3.88. The number of nitrogens with zero attached hydrogens (tertiary/aromatic N) is 1. The van der Waals surface area contributed by atoms with Crippen LogP contribution >= 0.6 is 0 Å². The van der Waals surface area contributed by atoms with Crippen molar-refractivity contribution >= 4 is 17.5 Å². The van der Waals surface area contributed by atoms with E-state index in [1.165, 1.54) is 6.42 Å². The third-order valence-corrected chi connectivity index (χ3v) is 5.67. The Morgan fingerprint density at radius 1 is 0.848 bits per heavy atom. The summed E-state index contributed by atoms with van der Waals surface area (Å²) >= 11 is 0. The molecule has 3 aromatic rings. The molecule has 1 saturated heterocycles. The second-order valence-electron chi connectivity index (χ2n) is 8.03. The first kappa shape index (κ1) is 22.4. The van der Waals surface area contributed by atoms with Gasteiger partial charge in [-0.3, -0.25) is 9.59 Å². The van der Waals surface area contributed by atoms with Crippen molar-refractivity contribution in [1.82, 2.24) is 4.90 Å². The van der Waals surface area contributed by atoms with E-state index in [0.717, 1.165) is 31.5 Å². The monoisotopic (exact) mass is 444 g/mol. The minimum Gasteiger partial charge on any atom is -0.493 e. The van der Waals surface area contributed by atoms with Gasteiger partial charge in [-0.2, -0.15) is 0 Å². The van der Waals surface area contributed by atoms with Crippen LogP contribution in [0.2, 0.25) is 0 Å². The molecular weight excluding hydrogens is 416 g/mol. The summed E-state index contributed by atoms with van der Waals surface area (Å²) in [6.45, 7) is 1.97. The Labute approximate surface area is 194 Å².